The second-order valence-electron chi connectivity index (χ2n) is 1.63. The van der Waals surface area contributed by atoms with Crippen LogP contribution in [0.4, 0.5) is 0 Å². The Hall–Kier alpha value is 0.0800. The highest BCUT2D eigenvalue weighted by molar-refractivity contribution is 6.47. The van der Waals surface area contributed by atoms with E-state index in [4.69, 9.17) is 39.9 Å². The average Bonchev–Trinajstić information content (AvgIpc) is 1.89. The molecule has 0 saturated heterocycles. The summed E-state index contributed by atoms with van der Waals surface area (Å²) in [4.78, 5) is 9.19. The third-order valence-corrected chi connectivity index (χ3v) is 1.41. The molecule has 2 nitrogen and oxygen atoms in total. The first-order chi connectivity index (χ1) is 4.91. The summed E-state index contributed by atoms with van der Waals surface area (Å²) in [5, 5.41) is 7.89. The van der Waals surface area contributed by atoms with Gasteiger partial charge in [-0.1, -0.05) is 6.58 Å². The molecule has 0 fully saturated rings. The predicted octanol–water partition coefficient (Wildman–Crippen LogP) is 2.68. The maximum Gasteiger partial charge on any atom is 0.330 e. The molecule has 0 heterocycles. The van der Waals surface area contributed by atoms with Crippen molar-refractivity contribution in [2.24, 2.45) is 0 Å². The molecule has 0 radical (unpaired) electrons. The molecular weight excluding hydrogens is 210 g/mol. The Morgan fingerprint density at radius 3 is 1.82 bits per heavy atom. The maximum absolute atomic E-state index is 9.60. The van der Waals surface area contributed by atoms with E-state index < -0.39 is 10.8 Å². The van der Waals surface area contributed by atoms with Crippen LogP contribution in [0.5, 0.6) is 0 Å². The van der Waals surface area contributed by atoms with Gasteiger partial charge in [-0.3, -0.25) is 0 Å². The van der Waals surface area contributed by atoms with Gasteiger partial charge in [0, 0.05) is 5.57 Å². The SMILES string of the molecule is C=C(C)C(=O)O.ClCC(Cl)Cl. The minimum Gasteiger partial charge on any atom is -0.478 e. The number of hydrogen-bond donors (Lipinski definition) is 1. The van der Waals surface area contributed by atoms with E-state index in [0.717, 1.165) is 0 Å². The minimum atomic E-state index is -0.935. The van der Waals surface area contributed by atoms with Gasteiger partial charge >= 0.3 is 5.97 Å². The molecule has 66 valence electrons. The van der Waals surface area contributed by atoms with Gasteiger partial charge in [0.15, 0.2) is 0 Å². The molecule has 0 rings (SSSR count). The number of hydrogen-bond acceptors (Lipinski definition) is 1. The topological polar surface area (TPSA) is 37.3 Å². The second kappa shape index (κ2) is 8.18. The Labute approximate surface area is 80.7 Å². The molecule has 0 saturated carbocycles. The summed E-state index contributed by atoms with van der Waals surface area (Å²) in [6.07, 6.45) is 0. The van der Waals surface area contributed by atoms with E-state index >= 15 is 0 Å². The molecule has 1 N–H and O–H groups in total. The highest BCUT2D eigenvalue weighted by atomic mass is 35.5. The van der Waals surface area contributed by atoms with Crippen LogP contribution in [-0.2, 0) is 4.79 Å². The van der Waals surface area contributed by atoms with Crippen molar-refractivity contribution in [3.63, 3.8) is 0 Å². The second-order valence-corrected chi connectivity index (χ2v) is 3.22. The van der Waals surface area contributed by atoms with Gasteiger partial charge in [0.1, 0.15) is 4.84 Å². The average molecular weight is 219 g/mol. The van der Waals surface area contributed by atoms with Crippen molar-refractivity contribution >= 4 is 40.8 Å². The molecule has 0 atom stereocenters. The molecule has 0 aliphatic heterocycles. The smallest absolute Gasteiger partial charge is 0.330 e. The van der Waals surface area contributed by atoms with E-state index in [1.807, 2.05) is 0 Å². The summed E-state index contributed by atoms with van der Waals surface area (Å²) < 4.78 is 0. The normalized spacial score (nSPS) is 8.45. The molecule has 5 heteroatoms. The zero-order valence-electron chi connectivity index (χ0n) is 5.98. The monoisotopic (exact) mass is 218 g/mol. The largest absolute Gasteiger partial charge is 0.478 e. The molecule has 0 bridgehead atoms. The standard InChI is InChI=1S/C4H6O2.C2H3Cl3/c1-3(2)4(5)6;3-1-2(4)5/h1H2,2H3,(H,5,6);2H,1H2. The van der Waals surface area contributed by atoms with Crippen molar-refractivity contribution < 1.29 is 9.90 Å². The Bertz CT molecular complexity index is 122. The highest BCUT2D eigenvalue weighted by Crippen LogP contribution is 2.01. The summed E-state index contributed by atoms with van der Waals surface area (Å²) in [5.41, 5.74) is 0.176. The van der Waals surface area contributed by atoms with Crippen molar-refractivity contribution in [2.75, 3.05) is 5.88 Å². The van der Waals surface area contributed by atoms with Crippen molar-refractivity contribution in [1.29, 1.82) is 0 Å². The van der Waals surface area contributed by atoms with Crippen LogP contribution in [0.25, 0.3) is 0 Å². The van der Waals surface area contributed by atoms with E-state index in [9.17, 15) is 4.79 Å². The van der Waals surface area contributed by atoms with Crippen molar-refractivity contribution in [1.82, 2.24) is 0 Å². The van der Waals surface area contributed by atoms with Crippen LogP contribution < -0.4 is 0 Å². The fraction of sp³-hybridized carbons (Fsp3) is 0.500. The van der Waals surface area contributed by atoms with E-state index in [1.165, 1.54) is 6.92 Å². The predicted molar refractivity (Wildman–Crippen MR) is 48.7 cm³/mol. The molecule has 0 unspecified atom stereocenters. The molecular formula is C6H9Cl3O2. The van der Waals surface area contributed by atoms with Crippen LogP contribution in [0.3, 0.4) is 0 Å². The first-order valence-corrected chi connectivity index (χ1v) is 4.05. The summed E-state index contributed by atoms with van der Waals surface area (Å²) >= 11 is 15.3. The number of carboxylic acid groups (broad SMARTS) is 1. The number of rotatable bonds is 2. The lowest BCUT2D eigenvalue weighted by atomic mass is 10.4. The minimum absolute atomic E-state index is 0.176. The van der Waals surface area contributed by atoms with Crippen molar-refractivity contribution in [2.45, 2.75) is 11.8 Å². The Balaban J connectivity index is 0. The van der Waals surface area contributed by atoms with Gasteiger partial charge in [-0.25, -0.2) is 4.79 Å². The first kappa shape index (κ1) is 13.7. The van der Waals surface area contributed by atoms with Crippen molar-refractivity contribution in [3.8, 4) is 0 Å². The van der Waals surface area contributed by atoms with Crippen LogP contribution in [0.2, 0.25) is 0 Å². The number of carbonyl (C=O) groups is 1. The van der Waals surface area contributed by atoms with Gasteiger partial charge in [0.25, 0.3) is 0 Å². The summed E-state index contributed by atoms with van der Waals surface area (Å²) in [6, 6.07) is 0. The van der Waals surface area contributed by atoms with E-state index in [-0.39, 0.29) is 5.57 Å². The van der Waals surface area contributed by atoms with E-state index in [0.29, 0.717) is 5.88 Å². The molecule has 0 aromatic rings. The lowest BCUT2D eigenvalue weighted by molar-refractivity contribution is -0.132. The number of carboxylic acids is 1. The van der Waals surface area contributed by atoms with Crippen molar-refractivity contribution in [3.05, 3.63) is 12.2 Å². The molecule has 11 heavy (non-hydrogen) atoms. The van der Waals surface area contributed by atoms with Crippen LogP contribution in [-0.4, -0.2) is 21.8 Å². The van der Waals surface area contributed by atoms with Crippen LogP contribution in [0.15, 0.2) is 12.2 Å². The third-order valence-electron chi connectivity index (χ3n) is 0.482. The third kappa shape index (κ3) is 17.8. The van der Waals surface area contributed by atoms with Crippen LogP contribution in [0.1, 0.15) is 6.92 Å². The van der Waals surface area contributed by atoms with E-state index in [1.54, 1.807) is 0 Å². The molecule has 0 aromatic heterocycles. The Morgan fingerprint density at radius 1 is 1.64 bits per heavy atom. The van der Waals surface area contributed by atoms with Gasteiger partial charge < -0.3 is 5.11 Å². The zero-order chi connectivity index (χ0) is 9.44. The zero-order valence-corrected chi connectivity index (χ0v) is 8.25. The Morgan fingerprint density at radius 2 is 1.82 bits per heavy atom. The summed E-state index contributed by atoms with van der Waals surface area (Å²) in [6.45, 7) is 4.60. The molecule has 0 aliphatic carbocycles. The number of halogens is 3. The summed E-state index contributed by atoms with van der Waals surface area (Å²) in [7, 11) is 0. The lowest BCUT2D eigenvalue weighted by Crippen LogP contribution is -1.92. The van der Waals surface area contributed by atoms with E-state index in [2.05, 4.69) is 6.58 Å². The fourth-order valence-corrected chi connectivity index (χ4v) is 0. The van der Waals surface area contributed by atoms with Gasteiger partial charge in [0.2, 0.25) is 0 Å². The van der Waals surface area contributed by atoms with Crippen LogP contribution >= 0.6 is 34.8 Å². The van der Waals surface area contributed by atoms with Gasteiger partial charge in [0.05, 0.1) is 5.88 Å². The lowest BCUT2D eigenvalue weighted by Gasteiger charge is -1.82. The Kier molecular flexibility index (Phi) is 10.2. The van der Waals surface area contributed by atoms with Gasteiger partial charge in [-0.15, -0.1) is 34.8 Å². The van der Waals surface area contributed by atoms with Crippen LogP contribution in [0, 0.1) is 0 Å². The first-order valence-electron chi connectivity index (χ1n) is 2.64. The fourth-order valence-electron chi connectivity index (χ4n) is 0. The number of alkyl halides is 3. The molecule has 0 aliphatic rings. The summed E-state index contributed by atoms with van der Waals surface area (Å²) in [5.74, 6) is -0.627. The molecule has 0 aromatic carbocycles. The number of aliphatic carboxylic acids is 1. The quantitative estimate of drug-likeness (QED) is 0.573. The molecule has 0 amide bonds. The highest BCUT2D eigenvalue weighted by Gasteiger charge is 1.90. The van der Waals surface area contributed by atoms with Gasteiger partial charge in [-0.05, 0) is 6.92 Å². The molecule has 0 spiro atoms. The van der Waals surface area contributed by atoms with Gasteiger partial charge in [-0.2, -0.15) is 0 Å². The maximum atomic E-state index is 9.60.